The van der Waals surface area contributed by atoms with Gasteiger partial charge in [-0.3, -0.25) is 4.55 Å². The molecule has 0 bridgehead atoms. The van der Waals surface area contributed by atoms with Crippen molar-refractivity contribution < 1.29 is 86.4 Å². The van der Waals surface area contributed by atoms with Crippen LogP contribution in [0.3, 0.4) is 0 Å². The highest BCUT2D eigenvalue weighted by molar-refractivity contribution is 7.80. The summed E-state index contributed by atoms with van der Waals surface area (Å²) >= 11 is 0. The van der Waals surface area contributed by atoms with Gasteiger partial charge in [0.15, 0.2) is 12.6 Å². The van der Waals surface area contributed by atoms with Crippen molar-refractivity contribution in [1.82, 2.24) is 0 Å². The van der Waals surface area contributed by atoms with E-state index in [0.717, 1.165) is 6.42 Å². The molecule has 6 fully saturated rings. The van der Waals surface area contributed by atoms with Crippen LogP contribution in [0.1, 0.15) is 86.0 Å². The molecule has 19 heteroatoms. The number of hydrogen-bond acceptors (Lipinski definition) is 17. The Bertz CT molecular complexity index is 1540. The van der Waals surface area contributed by atoms with Crippen LogP contribution in [-0.2, 0) is 43.0 Å². The Morgan fingerprint density at radius 1 is 0.733 bits per heavy atom. The molecule has 4 aliphatic carbocycles. The molecule has 2 heterocycles. The first kappa shape index (κ1) is 48.8. The van der Waals surface area contributed by atoms with Crippen LogP contribution < -0.4 is 0 Å². The maximum absolute atomic E-state index is 12.9. The van der Waals surface area contributed by atoms with Gasteiger partial charge in [-0.05, 0) is 78.9 Å². The summed E-state index contributed by atoms with van der Waals surface area (Å²) < 4.78 is 73.7. The summed E-state index contributed by atoms with van der Waals surface area (Å²) in [7, 11) is -2.20. The average molecular weight is 885 g/mol. The van der Waals surface area contributed by atoms with Gasteiger partial charge in [-0.25, -0.2) is 4.18 Å². The highest BCUT2D eigenvalue weighted by Gasteiger charge is 2.74. The van der Waals surface area contributed by atoms with E-state index in [9.17, 15) is 53.8 Å². The van der Waals surface area contributed by atoms with E-state index in [1.807, 2.05) is 20.8 Å². The second kappa shape index (κ2) is 18.7. The zero-order valence-corrected chi connectivity index (χ0v) is 36.7. The molecule has 0 aromatic heterocycles. The summed E-state index contributed by atoms with van der Waals surface area (Å²) in [5, 5.41) is 90.5. The minimum absolute atomic E-state index is 0.00952. The summed E-state index contributed by atoms with van der Waals surface area (Å²) in [5.74, 6) is -2.51. The third kappa shape index (κ3) is 8.97. The second-order valence-electron chi connectivity index (χ2n) is 19.7. The number of aliphatic hydroxyl groups excluding tert-OH is 7. The van der Waals surface area contributed by atoms with E-state index in [1.165, 1.54) is 14.2 Å². The summed E-state index contributed by atoms with van der Waals surface area (Å²) in [6, 6.07) is 0. The van der Waals surface area contributed by atoms with Gasteiger partial charge < -0.3 is 69.3 Å². The number of fused-ring (bicyclic) bond motifs is 5. The van der Waals surface area contributed by atoms with Crippen LogP contribution in [0, 0.1) is 52.3 Å². The van der Waals surface area contributed by atoms with Gasteiger partial charge in [0, 0.05) is 32.5 Å². The largest absolute Gasteiger partial charge is 0.397 e. The molecule has 2 aliphatic heterocycles. The Hall–Kier alpha value is -0.690. The van der Waals surface area contributed by atoms with Crippen LogP contribution in [0.4, 0.5) is 0 Å². The van der Waals surface area contributed by atoms with Crippen LogP contribution in [0.5, 0.6) is 0 Å². The third-order valence-electron chi connectivity index (χ3n) is 16.1. The number of aliphatic hydroxyl groups is 8. The fourth-order valence-electron chi connectivity index (χ4n) is 13.2. The molecule has 18 nitrogen and oxygen atoms in total. The lowest BCUT2D eigenvalue weighted by Crippen LogP contribution is -2.71. The van der Waals surface area contributed by atoms with Gasteiger partial charge >= 0.3 is 10.4 Å². The molecule has 0 amide bonds. The molecule has 22 unspecified atom stereocenters. The van der Waals surface area contributed by atoms with Crippen molar-refractivity contribution in [2.45, 2.75) is 171 Å². The van der Waals surface area contributed by atoms with Crippen molar-refractivity contribution in [1.29, 1.82) is 0 Å². The van der Waals surface area contributed by atoms with Gasteiger partial charge in [0.25, 0.3) is 0 Å². The fraction of sp³-hybridized carbons (Fsp3) is 1.00. The highest BCUT2D eigenvalue weighted by atomic mass is 32.3. The molecule has 6 aliphatic rings. The molecular formula is C41H72O18S. The fourth-order valence-corrected chi connectivity index (χ4v) is 13.7. The zero-order valence-electron chi connectivity index (χ0n) is 35.9. The molecule has 4 saturated carbocycles. The molecule has 2 saturated heterocycles. The van der Waals surface area contributed by atoms with E-state index >= 15 is 0 Å². The molecule has 0 aromatic carbocycles. The predicted octanol–water partition coefficient (Wildman–Crippen LogP) is 0.137. The average Bonchev–Trinajstić information content (AvgIpc) is 3.37. The van der Waals surface area contributed by atoms with Gasteiger partial charge in [0.1, 0.15) is 36.6 Å². The minimum Gasteiger partial charge on any atom is -0.390 e. The number of rotatable bonds is 15. The van der Waals surface area contributed by atoms with Gasteiger partial charge in [-0.1, -0.05) is 41.0 Å². The molecule has 9 N–H and O–H groups in total. The molecule has 350 valence electrons. The van der Waals surface area contributed by atoms with E-state index in [0.29, 0.717) is 32.1 Å². The van der Waals surface area contributed by atoms with Gasteiger partial charge in [0.05, 0.1) is 55.9 Å². The van der Waals surface area contributed by atoms with E-state index in [-0.39, 0.29) is 50.4 Å². The molecule has 0 spiro atoms. The van der Waals surface area contributed by atoms with Crippen molar-refractivity contribution in [2.75, 3.05) is 34.0 Å². The monoisotopic (exact) mass is 884 g/mol. The Labute approximate surface area is 353 Å². The van der Waals surface area contributed by atoms with Gasteiger partial charge in [-0.2, -0.15) is 8.42 Å². The van der Waals surface area contributed by atoms with Crippen molar-refractivity contribution in [3.8, 4) is 0 Å². The lowest BCUT2D eigenvalue weighted by Gasteiger charge is -2.66. The third-order valence-corrected chi connectivity index (χ3v) is 16.6. The summed E-state index contributed by atoms with van der Waals surface area (Å²) in [6.07, 6.45) is -11.8. The van der Waals surface area contributed by atoms with Gasteiger partial charge in [-0.15, -0.1) is 0 Å². The van der Waals surface area contributed by atoms with Crippen molar-refractivity contribution in [3.05, 3.63) is 0 Å². The first-order chi connectivity index (χ1) is 28.0. The molecular weight excluding hydrogens is 813 g/mol. The predicted molar refractivity (Wildman–Crippen MR) is 210 cm³/mol. The second-order valence-corrected chi connectivity index (χ2v) is 20.8. The highest BCUT2D eigenvalue weighted by Crippen LogP contribution is 2.70. The van der Waals surface area contributed by atoms with Crippen LogP contribution in [0.15, 0.2) is 0 Å². The minimum atomic E-state index is -5.03. The van der Waals surface area contributed by atoms with Gasteiger partial charge in [0.2, 0.25) is 0 Å². The number of methoxy groups -OCH3 is 2. The SMILES string of the molecule is COC1COC(OC2C(OCCC(CCC(C)C3C(O)C(O)C4C3(C)CCC3C5(C)CCC(O)C(O)C5C(OS(=O)(=O)O)CC34O)C(C)C)OCC(O)C2O)C(OC)C1O. The molecule has 22 atom stereocenters. The molecule has 60 heavy (non-hydrogen) atoms. The lowest BCUT2D eigenvalue weighted by molar-refractivity contribution is -0.346. The van der Waals surface area contributed by atoms with Crippen molar-refractivity contribution >= 4 is 10.4 Å². The summed E-state index contributed by atoms with van der Waals surface area (Å²) in [6.45, 7) is 10.1. The maximum atomic E-state index is 12.9. The standard InChI is InChI=1S/C41H72O18S/c1-19(2)21(12-15-55-37-35(30(45)23(43)17-56-37)58-38-34(54-7)31(46)25(53-6)18-57-38)9-8-20(3)27-32(47)33(48)36-40(27,5)14-11-26-39(4)13-10-22(42)29(44)28(39)24(16-41(26,36)49)59-60(50,51)52/h19-38,42-49H,8-18H2,1-7H3,(H,50,51,52). The molecule has 0 aromatic rings. The zero-order chi connectivity index (χ0) is 44.3. The summed E-state index contributed by atoms with van der Waals surface area (Å²) in [5.41, 5.74) is -3.42. The lowest BCUT2D eigenvalue weighted by atomic mass is 9.41. The maximum Gasteiger partial charge on any atom is 0.397 e. The first-order valence-electron chi connectivity index (χ1n) is 21.7. The Morgan fingerprint density at radius 3 is 2.03 bits per heavy atom. The van der Waals surface area contributed by atoms with Crippen LogP contribution in [0.2, 0.25) is 0 Å². The van der Waals surface area contributed by atoms with Crippen molar-refractivity contribution in [2.24, 2.45) is 52.3 Å². The quantitative estimate of drug-likeness (QED) is 0.0989. The Kier molecular flexibility index (Phi) is 15.2. The Balaban J connectivity index is 1.12. The van der Waals surface area contributed by atoms with Crippen LogP contribution >= 0.6 is 0 Å². The van der Waals surface area contributed by atoms with Crippen molar-refractivity contribution in [3.63, 3.8) is 0 Å². The van der Waals surface area contributed by atoms with E-state index in [2.05, 4.69) is 13.8 Å². The Morgan fingerprint density at radius 2 is 1.40 bits per heavy atom. The molecule has 0 radical (unpaired) electrons. The van der Waals surface area contributed by atoms with E-state index in [4.69, 9.17) is 32.6 Å². The number of ether oxygens (including phenoxy) is 6. The van der Waals surface area contributed by atoms with E-state index < -0.39 is 130 Å². The first-order valence-corrected chi connectivity index (χ1v) is 23.1. The summed E-state index contributed by atoms with van der Waals surface area (Å²) in [4.78, 5) is 0. The van der Waals surface area contributed by atoms with E-state index in [1.54, 1.807) is 0 Å². The smallest absolute Gasteiger partial charge is 0.390 e. The normalized spacial score (nSPS) is 49.5. The van der Waals surface area contributed by atoms with Crippen LogP contribution in [0.25, 0.3) is 0 Å². The topological polar surface area (TPSA) is 281 Å². The molecule has 6 rings (SSSR count). The number of hydrogen-bond donors (Lipinski definition) is 9. The van der Waals surface area contributed by atoms with Crippen LogP contribution in [-0.4, -0.2) is 173 Å².